The quantitative estimate of drug-likeness (QED) is 0.419. The number of carboxylic acid groups (broad SMARTS) is 1. The summed E-state index contributed by atoms with van der Waals surface area (Å²) in [6, 6.07) is -2.58. The van der Waals surface area contributed by atoms with Crippen LogP contribution < -0.4 is 11.1 Å². The molecule has 0 unspecified atom stereocenters. The number of esters is 1. The van der Waals surface area contributed by atoms with Crippen LogP contribution in [0.1, 0.15) is 27.2 Å². The zero-order valence-corrected chi connectivity index (χ0v) is 11.1. The van der Waals surface area contributed by atoms with Crippen molar-refractivity contribution >= 4 is 17.8 Å². The van der Waals surface area contributed by atoms with Gasteiger partial charge in [0.15, 0.2) is 6.04 Å². The number of carbonyl (C=O) groups excluding carboxylic acids is 2. The molecule has 0 fully saturated rings. The van der Waals surface area contributed by atoms with E-state index in [9.17, 15) is 19.5 Å². The van der Waals surface area contributed by atoms with Crippen molar-refractivity contribution in [2.45, 2.75) is 51.5 Å². The average molecular weight is 276 g/mol. The molecular weight excluding hydrogens is 256 g/mol. The molecule has 0 saturated heterocycles. The molecule has 0 aromatic carbocycles. The molecule has 0 aliphatic rings. The van der Waals surface area contributed by atoms with Gasteiger partial charge in [-0.1, -0.05) is 0 Å². The van der Waals surface area contributed by atoms with Crippen LogP contribution >= 0.6 is 0 Å². The van der Waals surface area contributed by atoms with Crippen LogP contribution in [0.2, 0.25) is 0 Å². The Hall–Kier alpha value is -1.67. The lowest BCUT2D eigenvalue weighted by atomic mass is 10.1. The third-order valence-electron chi connectivity index (χ3n) is 2.12. The Labute approximate surface area is 110 Å². The lowest BCUT2D eigenvalue weighted by molar-refractivity contribution is -0.154. The largest absolute Gasteiger partial charge is 0.481 e. The summed E-state index contributed by atoms with van der Waals surface area (Å²) in [4.78, 5) is 33.6. The molecule has 0 heterocycles. The van der Waals surface area contributed by atoms with Gasteiger partial charge >= 0.3 is 11.9 Å². The lowest BCUT2D eigenvalue weighted by Crippen LogP contribution is -2.53. The normalized spacial score (nSPS) is 15.5. The monoisotopic (exact) mass is 276 g/mol. The molecule has 8 nitrogen and oxygen atoms in total. The Kier molecular flexibility index (Phi) is 7.02. The minimum absolute atomic E-state index is 0.404. The number of amides is 1. The second-order valence-corrected chi connectivity index (χ2v) is 4.42. The zero-order valence-electron chi connectivity index (χ0n) is 11.1. The van der Waals surface area contributed by atoms with Crippen molar-refractivity contribution < 1.29 is 29.3 Å². The first-order chi connectivity index (χ1) is 8.65. The van der Waals surface area contributed by atoms with Gasteiger partial charge < -0.3 is 26.0 Å². The summed E-state index contributed by atoms with van der Waals surface area (Å²) in [5.74, 6) is -2.88. The average Bonchev–Trinajstić information content (AvgIpc) is 2.22. The number of nitrogens with one attached hydrogen (secondary N) is 1. The molecule has 0 radical (unpaired) electrons. The van der Waals surface area contributed by atoms with Crippen molar-refractivity contribution in [2.75, 3.05) is 0 Å². The predicted octanol–water partition coefficient (Wildman–Crippen LogP) is -1.39. The number of carboxylic acids is 1. The number of carbonyl (C=O) groups is 3. The van der Waals surface area contributed by atoms with Crippen LogP contribution in [-0.4, -0.2) is 52.4 Å². The SMILES string of the molecule is CC(C)OC(=O)[C@H](NC(=O)[C@@H](N)CC(=O)O)[C@@H](C)O. The van der Waals surface area contributed by atoms with Crippen LogP contribution in [0, 0.1) is 0 Å². The molecule has 0 bridgehead atoms. The number of aliphatic carboxylic acids is 1. The van der Waals surface area contributed by atoms with Crippen LogP contribution in [0.3, 0.4) is 0 Å². The third kappa shape index (κ3) is 6.73. The molecule has 0 spiro atoms. The topological polar surface area (TPSA) is 139 Å². The fourth-order valence-corrected chi connectivity index (χ4v) is 1.22. The van der Waals surface area contributed by atoms with Crippen molar-refractivity contribution in [3.8, 4) is 0 Å². The van der Waals surface area contributed by atoms with Gasteiger partial charge in [-0.15, -0.1) is 0 Å². The predicted molar refractivity (Wildman–Crippen MR) is 65.1 cm³/mol. The number of ether oxygens (including phenoxy) is 1. The second kappa shape index (κ2) is 7.70. The van der Waals surface area contributed by atoms with E-state index in [1.807, 2.05) is 0 Å². The first kappa shape index (κ1) is 17.3. The van der Waals surface area contributed by atoms with Gasteiger partial charge in [0.2, 0.25) is 5.91 Å². The van der Waals surface area contributed by atoms with E-state index >= 15 is 0 Å². The highest BCUT2D eigenvalue weighted by atomic mass is 16.5. The number of hydrogen-bond donors (Lipinski definition) is 4. The van der Waals surface area contributed by atoms with Gasteiger partial charge in [-0.25, -0.2) is 4.79 Å². The summed E-state index contributed by atoms with van der Waals surface area (Å²) >= 11 is 0. The summed E-state index contributed by atoms with van der Waals surface area (Å²) in [7, 11) is 0. The van der Waals surface area contributed by atoms with E-state index in [1.165, 1.54) is 6.92 Å². The van der Waals surface area contributed by atoms with Crippen molar-refractivity contribution in [3.05, 3.63) is 0 Å². The van der Waals surface area contributed by atoms with Crippen molar-refractivity contribution in [1.82, 2.24) is 5.32 Å². The Morgan fingerprint density at radius 3 is 2.16 bits per heavy atom. The third-order valence-corrected chi connectivity index (χ3v) is 2.12. The van der Waals surface area contributed by atoms with E-state index in [0.717, 1.165) is 0 Å². The van der Waals surface area contributed by atoms with Crippen molar-refractivity contribution in [1.29, 1.82) is 0 Å². The highest BCUT2D eigenvalue weighted by molar-refractivity contribution is 5.90. The molecule has 8 heteroatoms. The molecule has 0 aliphatic heterocycles. The molecule has 1 amide bonds. The van der Waals surface area contributed by atoms with Gasteiger partial charge in [0.25, 0.3) is 0 Å². The fraction of sp³-hybridized carbons (Fsp3) is 0.727. The van der Waals surface area contributed by atoms with Gasteiger partial charge in [0.05, 0.1) is 24.7 Å². The van der Waals surface area contributed by atoms with Crippen molar-refractivity contribution in [3.63, 3.8) is 0 Å². The fourth-order valence-electron chi connectivity index (χ4n) is 1.22. The van der Waals surface area contributed by atoms with Crippen LogP contribution in [0.5, 0.6) is 0 Å². The van der Waals surface area contributed by atoms with Gasteiger partial charge in [0.1, 0.15) is 0 Å². The number of nitrogens with two attached hydrogens (primary N) is 1. The molecule has 0 aromatic heterocycles. The molecule has 3 atom stereocenters. The highest BCUT2D eigenvalue weighted by Crippen LogP contribution is 2.01. The molecule has 0 aliphatic carbocycles. The molecule has 19 heavy (non-hydrogen) atoms. The summed E-state index contributed by atoms with van der Waals surface area (Å²) < 4.78 is 4.86. The Bertz CT molecular complexity index is 342. The van der Waals surface area contributed by atoms with E-state index < -0.39 is 48.6 Å². The molecule has 0 aromatic rings. The van der Waals surface area contributed by atoms with Crippen LogP contribution in [0.25, 0.3) is 0 Å². The first-order valence-electron chi connectivity index (χ1n) is 5.81. The Morgan fingerprint density at radius 1 is 1.26 bits per heavy atom. The summed E-state index contributed by atoms with van der Waals surface area (Å²) in [5.41, 5.74) is 5.34. The number of hydrogen-bond acceptors (Lipinski definition) is 6. The molecule has 110 valence electrons. The maximum atomic E-state index is 11.6. The maximum absolute atomic E-state index is 11.6. The van der Waals surface area contributed by atoms with E-state index in [-0.39, 0.29) is 0 Å². The number of rotatable bonds is 7. The smallest absolute Gasteiger partial charge is 0.331 e. The summed E-state index contributed by atoms with van der Waals surface area (Å²) in [6.45, 7) is 4.54. The van der Waals surface area contributed by atoms with E-state index in [0.29, 0.717) is 0 Å². The van der Waals surface area contributed by atoms with Crippen molar-refractivity contribution in [2.24, 2.45) is 5.73 Å². The van der Waals surface area contributed by atoms with E-state index in [4.69, 9.17) is 15.6 Å². The second-order valence-electron chi connectivity index (χ2n) is 4.42. The first-order valence-corrected chi connectivity index (χ1v) is 5.81. The van der Waals surface area contributed by atoms with Gasteiger partial charge in [-0.2, -0.15) is 0 Å². The Morgan fingerprint density at radius 2 is 1.79 bits per heavy atom. The Balaban J connectivity index is 4.62. The van der Waals surface area contributed by atoms with E-state index in [2.05, 4.69) is 5.32 Å². The number of aliphatic hydroxyl groups is 1. The minimum atomic E-state index is -1.30. The van der Waals surface area contributed by atoms with Gasteiger partial charge in [-0.05, 0) is 20.8 Å². The summed E-state index contributed by atoms with van der Waals surface area (Å²) in [5, 5.41) is 20.1. The molecule has 0 rings (SSSR count). The summed E-state index contributed by atoms with van der Waals surface area (Å²) in [6.07, 6.45) is -2.16. The molecule has 0 saturated carbocycles. The molecule has 5 N–H and O–H groups in total. The minimum Gasteiger partial charge on any atom is -0.481 e. The van der Waals surface area contributed by atoms with Gasteiger partial charge in [-0.3, -0.25) is 9.59 Å². The van der Waals surface area contributed by atoms with E-state index in [1.54, 1.807) is 13.8 Å². The standard InChI is InChI=1S/C11H20N2O6/c1-5(2)19-11(18)9(6(3)14)13-10(17)7(12)4-8(15)16/h5-7,9,14H,4,12H2,1-3H3,(H,13,17)(H,15,16)/t6-,7+,9-/m1/s1. The van der Waals surface area contributed by atoms with Crippen LogP contribution in [0.4, 0.5) is 0 Å². The van der Waals surface area contributed by atoms with Crippen LogP contribution in [0.15, 0.2) is 0 Å². The highest BCUT2D eigenvalue weighted by Gasteiger charge is 2.30. The lowest BCUT2D eigenvalue weighted by Gasteiger charge is -2.22. The molecular formula is C11H20N2O6. The van der Waals surface area contributed by atoms with Gasteiger partial charge in [0, 0.05) is 0 Å². The number of aliphatic hydroxyl groups excluding tert-OH is 1. The maximum Gasteiger partial charge on any atom is 0.331 e. The van der Waals surface area contributed by atoms with Crippen LogP contribution in [-0.2, 0) is 19.1 Å². The zero-order chi connectivity index (χ0) is 15.2.